The molecule has 0 aliphatic heterocycles. The average Bonchev–Trinajstić information content (AvgIpc) is 2.38. The number of nitrogens with zero attached hydrogens (tertiary/aromatic N) is 2. The van der Waals surface area contributed by atoms with Crippen LogP contribution in [0.1, 0.15) is 10.5 Å². The first-order chi connectivity index (χ1) is 8.58. The monoisotopic (exact) mass is 245 g/mol. The summed E-state index contributed by atoms with van der Waals surface area (Å²) in [7, 11) is 1.60. The molecule has 0 unspecified atom stereocenters. The highest BCUT2D eigenvalue weighted by Crippen LogP contribution is 2.15. The molecule has 92 valence electrons. The third-order valence-electron chi connectivity index (χ3n) is 2.51. The van der Waals surface area contributed by atoms with Crippen molar-refractivity contribution in [2.45, 2.75) is 0 Å². The van der Waals surface area contributed by atoms with Crippen LogP contribution < -0.4 is 10.6 Å². The van der Waals surface area contributed by atoms with Crippen molar-refractivity contribution in [2.24, 2.45) is 0 Å². The summed E-state index contributed by atoms with van der Waals surface area (Å²) in [6, 6.07) is 10.5. The van der Waals surface area contributed by atoms with Crippen molar-refractivity contribution in [2.75, 3.05) is 17.7 Å². The predicted octanol–water partition coefficient (Wildman–Crippen LogP) is 2.08. The normalized spacial score (nSPS) is 10.1. The highest BCUT2D eigenvalue weighted by molar-refractivity contribution is 6.04. The molecular formula is C13H12FN3O. The van der Waals surface area contributed by atoms with E-state index < -0.39 is 0 Å². The van der Waals surface area contributed by atoms with Crippen LogP contribution in [0.15, 0.2) is 42.5 Å². The zero-order valence-electron chi connectivity index (χ0n) is 9.80. The van der Waals surface area contributed by atoms with E-state index >= 15 is 0 Å². The molecule has 0 spiro atoms. The van der Waals surface area contributed by atoms with Gasteiger partial charge < -0.3 is 10.6 Å². The fourth-order valence-electron chi connectivity index (χ4n) is 1.52. The lowest BCUT2D eigenvalue weighted by Gasteiger charge is -2.16. The second-order valence-electron chi connectivity index (χ2n) is 3.79. The summed E-state index contributed by atoms with van der Waals surface area (Å²) in [4.78, 5) is 17.4. The molecular weight excluding hydrogens is 233 g/mol. The zero-order chi connectivity index (χ0) is 13.1. The number of anilines is 2. The minimum atomic E-state index is -0.346. The van der Waals surface area contributed by atoms with Crippen molar-refractivity contribution in [3.05, 3.63) is 54.0 Å². The van der Waals surface area contributed by atoms with E-state index in [1.54, 1.807) is 25.2 Å². The lowest BCUT2D eigenvalue weighted by atomic mass is 10.2. The lowest BCUT2D eigenvalue weighted by molar-refractivity contribution is 0.0988. The molecule has 0 aliphatic rings. The van der Waals surface area contributed by atoms with Crippen molar-refractivity contribution in [1.29, 1.82) is 0 Å². The van der Waals surface area contributed by atoms with Crippen LogP contribution in [0, 0.1) is 5.82 Å². The number of hydrogen-bond donors (Lipinski definition) is 1. The van der Waals surface area contributed by atoms with Crippen LogP contribution in [0.5, 0.6) is 0 Å². The summed E-state index contributed by atoms with van der Waals surface area (Å²) in [5, 5.41) is 0. The predicted molar refractivity (Wildman–Crippen MR) is 67.8 cm³/mol. The number of halogens is 1. The van der Waals surface area contributed by atoms with Crippen molar-refractivity contribution in [3.63, 3.8) is 0 Å². The lowest BCUT2D eigenvalue weighted by Crippen LogP contribution is -2.27. The van der Waals surface area contributed by atoms with Gasteiger partial charge in [-0.15, -0.1) is 0 Å². The number of pyridine rings is 1. The molecule has 1 aromatic carbocycles. The van der Waals surface area contributed by atoms with Crippen LogP contribution in [0.4, 0.5) is 15.9 Å². The number of hydrogen-bond acceptors (Lipinski definition) is 3. The highest BCUT2D eigenvalue weighted by Gasteiger charge is 2.14. The van der Waals surface area contributed by atoms with Crippen molar-refractivity contribution in [1.82, 2.24) is 4.98 Å². The number of aromatic nitrogens is 1. The molecule has 0 fully saturated rings. The van der Waals surface area contributed by atoms with Crippen LogP contribution in [-0.4, -0.2) is 17.9 Å². The Morgan fingerprint density at radius 2 is 1.89 bits per heavy atom. The van der Waals surface area contributed by atoms with Gasteiger partial charge in [0.1, 0.15) is 17.3 Å². The number of nitrogens with two attached hydrogens (primary N) is 1. The number of nitrogen functional groups attached to an aromatic ring is 1. The minimum absolute atomic E-state index is 0.252. The van der Waals surface area contributed by atoms with Gasteiger partial charge >= 0.3 is 0 Å². The molecule has 0 radical (unpaired) electrons. The topological polar surface area (TPSA) is 59.2 Å². The molecule has 0 aliphatic carbocycles. The van der Waals surface area contributed by atoms with Crippen LogP contribution in [0.2, 0.25) is 0 Å². The molecule has 0 saturated heterocycles. The molecule has 0 saturated carbocycles. The second-order valence-corrected chi connectivity index (χ2v) is 3.79. The fourth-order valence-corrected chi connectivity index (χ4v) is 1.52. The summed E-state index contributed by atoms with van der Waals surface area (Å²) < 4.78 is 12.8. The maximum absolute atomic E-state index is 12.8. The van der Waals surface area contributed by atoms with Gasteiger partial charge in [0, 0.05) is 12.7 Å². The van der Waals surface area contributed by atoms with E-state index in [4.69, 9.17) is 5.73 Å². The SMILES string of the molecule is CN(C(=O)c1cccc(N)n1)c1ccc(F)cc1. The third-order valence-corrected chi connectivity index (χ3v) is 2.51. The van der Waals surface area contributed by atoms with Gasteiger partial charge in [-0.25, -0.2) is 9.37 Å². The van der Waals surface area contributed by atoms with Gasteiger partial charge in [0.25, 0.3) is 5.91 Å². The van der Waals surface area contributed by atoms with E-state index in [1.807, 2.05) is 0 Å². The van der Waals surface area contributed by atoms with Crippen LogP contribution in [0.3, 0.4) is 0 Å². The van der Waals surface area contributed by atoms with E-state index in [1.165, 1.54) is 29.2 Å². The molecule has 4 nitrogen and oxygen atoms in total. The zero-order valence-corrected chi connectivity index (χ0v) is 9.80. The number of benzene rings is 1. The Hall–Kier alpha value is -2.43. The minimum Gasteiger partial charge on any atom is -0.384 e. The quantitative estimate of drug-likeness (QED) is 0.881. The van der Waals surface area contributed by atoms with Gasteiger partial charge in [-0.3, -0.25) is 4.79 Å². The Bertz CT molecular complexity index is 569. The van der Waals surface area contributed by atoms with E-state index in [2.05, 4.69) is 4.98 Å². The Kier molecular flexibility index (Phi) is 3.23. The molecule has 2 rings (SSSR count). The summed E-state index contributed by atoms with van der Waals surface area (Å²) in [6.45, 7) is 0. The maximum Gasteiger partial charge on any atom is 0.276 e. The summed E-state index contributed by atoms with van der Waals surface area (Å²) >= 11 is 0. The summed E-state index contributed by atoms with van der Waals surface area (Å²) in [5.74, 6) is -0.357. The molecule has 1 heterocycles. The number of carbonyl (C=O) groups is 1. The molecule has 5 heteroatoms. The number of amides is 1. The van der Waals surface area contributed by atoms with Gasteiger partial charge in [-0.05, 0) is 36.4 Å². The third kappa shape index (κ3) is 2.45. The maximum atomic E-state index is 12.8. The summed E-state index contributed by atoms with van der Waals surface area (Å²) in [6.07, 6.45) is 0. The van der Waals surface area contributed by atoms with Crippen LogP contribution in [-0.2, 0) is 0 Å². The largest absolute Gasteiger partial charge is 0.384 e. The van der Waals surface area contributed by atoms with Gasteiger partial charge in [-0.2, -0.15) is 0 Å². The van der Waals surface area contributed by atoms with Gasteiger partial charge in [0.2, 0.25) is 0 Å². The molecule has 1 aromatic heterocycles. The van der Waals surface area contributed by atoms with Gasteiger partial charge in [0.15, 0.2) is 0 Å². The molecule has 0 atom stereocenters. The molecule has 1 amide bonds. The average molecular weight is 245 g/mol. The van der Waals surface area contributed by atoms with Crippen LogP contribution >= 0.6 is 0 Å². The van der Waals surface area contributed by atoms with E-state index in [-0.39, 0.29) is 23.2 Å². The van der Waals surface area contributed by atoms with Gasteiger partial charge in [-0.1, -0.05) is 6.07 Å². The van der Waals surface area contributed by atoms with Crippen molar-refractivity contribution < 1.29 is 9.18 Å². The van der Waals surface area contributed by atoms with Crippen molar-refractivity contribution in [3.8, 4) is 0 Å². The Labute approximate surface area is 104 Å². The first kappa shape index (κ1) is 12.0. The Morgan fingerprint density at radius 3 is 2.50 bits per heavy atom. The smallest absolute Gasteiger partial charge is 0.276 e. The first-order valence-corrected chi connectivity index (χ1v) is 5.34. The van der Waals surface area contributed by atoms with E-state index in [0.717, 1.165) is 0 Å². The first-order valence-electron chi connectivity index (χ1n) is 5.34. The van der Waals surface area contributed by atoms with Crippen LogP contribution in [0.25, 0.3) is 0 Å². The summed E-state index contributed by atoms with van der Waals surface area (Å²) in [5.41, 5.74) is 6.36. The Balaban J connectivity index is 2.26. The fraction of sp³-hybridized carbons (Fsp3) is 0.0769. The molecule has 0 bridgehead atoms. The van der Waals surface area contributed by atoms with E-state index in [0.29, 0.717) is 5.69 Å². The molecule has 2 aromatic rings. The highest BCUT2D eigenvalue weighted by atomic mass is 19.1. The molecule has 2 N–H and O–H groups in total. The molecule has 18 heavy (non-hydrogen) atoms. The standard InChI is InChI=1S/C13H12FN3O/c1-17(10-7-5-9(14)6-8-10)13(18)11-3-2-4-12(15)16-11/h2-8H,1H3,(H2,15,16). The van der Waals surface area contributed by atoms with Crippen molar-refractivity contribution >= 4 is 17.4 Å². The van der Waals surface area contributed by atoms with E-state index in [9.17, 15) is 9.18 Å². The second kappa shape index (κ2) is 4.83. The van der Waals surface area contributed by atoms with Gasteiger partial charge in [0.05, 0.1) is 0 Å². The number of carbonyl (C=O) groups excluding carboxylic acids is 1. The number of rotatable bonds is 2. The Morgan fingerprint density at radius 1 is 1.22 bits per heavy atom.